The highest BCUT2D eigenvalue weighted by molar-refractivity contribution is 5.74. The summed E-state index contributed by atoms with van der Waals surface area (Å²) in [5, 5.41) is 18.6. The van der Waals surface area contributed by atoms with Gasteiger partial charge in [0.2, 0.25) is 0 Å². The number of benzene rings is 1. The second-order valence-corrected chi connectivity index (χ2v) is 5.12. The molecule has 0 saturated heterocycles. The quantitative estimate of drug-likeness (QED) is 0.830. The van der Waals surface area contributed by atoms with E-state index < -0.39 is 24.3 Å². The molecule has 1 rings (SSSR count). The largest absolute Gasteiger partial charge is 0.479 e. The molecule has 0 aliphatic rings. The van der Waals surface area contributed by atoms with Crippen LogP contribution in [0.3, 0.4) is 0 Å². The summed E-state index contributed by atoms with van der Waals surface area (Å²) in [6.45, 7) is 7.39. The second kappa shape index (κ2) is 6.68. The molecule has 4 nitrogen and oxygen atoms in total. The predicted molar refractivity (Wildman–Crippen MR) is 73.1 cm³/mol. The number of carboxylic acid groups (broad SMARTS) is 1. The number of carboxylic acids is 1. The van der Waals surface area contributed by atoms with Crippen molar-refractivity contribution in [3.8, 4) is 0 Å². The molecule has 0 radical (unpaired) electrons. The van der Waals surface area contributed by atoms with Crippen molar-refractivity contribution < 1.29 is 19.7 Å². The van der Waals surface area contributed by atoms with Gasteiger partial charge < -0.3 is 14.9 Å². The maximum atomic E-state index is 11.3. The van der Waals surface area contributed by atoms with Gasteiger partial charge in [-0.3, -0.25) is 0 Å². The molecule has 0 saturated carbocycles. The Balaban J connectivity index is 2.90. The fourth-order valence-electron chi connectivity index (χ4n) is 1.66. The van der Waals surface area contributed by atoms with Crippen molar-refractivity contribution in [3.63, 3.8) is 0 Å². The maximum Gasteiger partial charge on any atom is 0.337 e. The third-order valence-electron chi connectivity index (χ3n) is 3.16. The Hall–Kier alpha value is -1.39. The molecule has 0 aromatic heterocycles. The van der Waals surface area contributed by atoms with Crippen molar-refractivity contribution in [2.45, 2.75) is 51.9 Å². The van der Waals surface area contributed by atoms with Crippen LogP contribution in [0.1, 0.15) is 50.8 Å². The number of aliphatic hydroxyl groups is 1. The zero-order valence-electron chi connectivity index (χ0n) is 11.8. The fourth-order valence-corrected chi connectivity index (χ4v) is 1.66. The highest BCUT2D eigenvalue weighted by Crippen LogP contribution is 2.23. The highest BCUT2D eigenvalue weighted by Gasteiger charge is 2.24. The van der Waals surface area contributed by atoms with Gasteiger partial charge in [-0.15, -0.1) is 0 Å². The van der Waals surface area contributed by atoms with E-state index in [1.165, 1.54) is 0 Å². The summed E-state index contributed by atoms with van der Waals surface area (Å²) >= 11 is 0. The summed E-state index contributed by atoms with van der Waals surface area (Å²) in [4.78, 5) is 11.3. The van der Waals surface area contributed by atoms with E-state index in [1.807, 2.05) is 12.1 Å². The average molecular weight is 266 g/mol. The molecule has 0 fully saturated rings. The van der Waals surface area contributed by atoms with E-state index in [0.29, 0.717) is 11.5 Å². The predicted octanol–water partition coefficient (Wildman–Crippen LogP) is 2.72. The van der Waals surface area contributed by atoms with Gasteiger partial charge >= 0.3 is 5.97 Å². The van der Waals surface area contributed by atoms with Crippen LogP contribution in [0, 0.1) is 0 Å². The molecular formula is C15H22O4. The van der Waals surface area contributed by atoms with E-state index in [0.717, 1.165) is 5.56 Å². The molecule has 1 aromatic rings. The van der Waals surface area contributed by atoms with Crippen molar-refractivity contribution in [2.75, 3.05) is 0 Å². The molecule has 3 atom stereocenters. The SMILES string of the molecule is CC(C)c1ccc(C(OC(C)C(C)O)C(=O)O)cc1. The maximum absolute atomic E-state index is 11.3. The normalized spacial score (nSPS) is 16.1. The van der Waals surface area contributed by atoms with Gasteiger partial charge in [-0.05, 0) is 30.9 Å². The molecule has 0 bridgehead atoms. The number of aliphatic carboxylic acids is 1. The summed E-state index contributed by atoms with van der Waals surface area (Å²) in [7, 11) is 0. The first kappa shape index (κ1) is 15.7. The number of ether oxygens (including phenoxy) is 1. The lowest BCUT2D eigenvalue weighted by molar-refractivity contribution is -0.158. The highest BCUT2D eigenvalue weighted by atomic mass is 16.5. The van der Waals surface area contributed by atoms with Crippen LogP contribution in [0.2, 0.25) is 0 Å². The van der Waals surface area contributed by atoms with Crippen LogP contribution in [0.25, 0.3) is 0 Å². The first-order valence-electron chi connectivity index (χ1n) is 6.49. The van der Waals surface area contributed by atoms with Crippen molar-refractivity contribution in [1.29, 1.82) is 0 Å². The van der Waals surface area contributed by atoms with Crippen LogP contribution in [0.4, 0.5) is 0 Å². The van der Waals surface area contributed by atoms with Crippen LogP contribution in [0.5, 0.6) is 0 Å². The van der Waals surface area contributed by atoms with Gasteiger partial charge in [-0.2, -0.15) is 0 Å². The Kier molecular flexibility index (Phi) is 5.51. The van der Waals surface area contributed by atoms with Crippen LogP contribution in [-0.2, 0) is 9.53 Å². The first-order chi connectivity index (χ1) is 8.82. The van der Waals surface area contributed by atoms with Crippen LogP contribution in [0.15, 0.2) is 24.3 Å². The van der Waals surface area contributed by atoms with Crippen molar-refractivity contribution in [3.05, 3.63) is 35.4 Å². The summed E-state index contributed by atoms with van der Waals surface area (Å²) in [5.74, 6) is -0.653. The third kappa shape index (κ3) is 4.33. The van der Waals surface area contributed by atoms with Crippen molar-refractivity contribution >= 4 is 5.97 Å². The van der Waals surface area contributed by atoms with E-state index in [1.54, 1.807) is 26.0 Å². The van der Waals surface area contributed by atoms with Crippen molar-refractivity contribution in [1.82, 2.24) is 0 Å². The standard InChI is InChI=1S/C15H22O4/c1-9(2)12-5-7-13(8-6-12)14(15(17)18)19-11(4)10(3)16/h5-11,14,16H,1-4H3,(H,17,18). The summed E-state index contributed by atoms with van der Waals surface area (Å²) in [6, 6.07) is 7.35. The molecule has 0 aliphatic carbocycles. The molecule has 4 heteroatoms. The number of rotatable bonds is 6. The fraction of sp³-hybridized carbons (Fsp3) is 0.533. The Bertz CT molecular complexity index is 409. The number of carbonyl (C=O) groups is 1. The number of aliphatic hydroxyl groups excluding tert-OH is 1. The first-order valence-corrected chi connectivity index (χ1v) is 6.49. The van der Waals surface area contributed by atoms with E-state index in [4.69, 9.17) is 4.74 Å². The van der Waals surface area contributed by atoms with Gasteiger partial charge in [0.05, 0.1) is 12.2 Å². The van der Waals surface area contributed by atoms with Gasteiger partial charge in [0.25, 0.3) is 0 Å². The molecule has 1 aromatic carbocycles. The molecule has 0 heterocycles. The average Bonchev–Trinajstić information content (AvgIpc) is 2.35. The Morgan fingerprint density at radius 3 is 1.89 bits per heavy atom. The zero-order valence-corrected chi connectivity index (χ0v) is 11.8. The molecule has 0 spiro atoms. The van der Waals surface area contributed by atoms with Crippen LogP contribution < -0.4 is 0 Å². The molecule has 19 heavy (non-hydrogen) atoms. The van der Waals surface area contributed by atoms with E-state index in [9.17, 15) is 15.0 Å². The third-order valence-corrected chi connectivity index (χ3v) is 3.16. The smallest absolute Gasteiger partial charge is 0.337 e. The Morgan fingerprint density at radius 2 is 1.53 bits per heavy atom. The molecule has 3 unspecified atom stereocenters. The van der Waals surface area contributed by atoms with Crippen molar-refractivity contribution in [2.24, 2.45) is 0 Å². The lowest BCUT2D eigenvalue weighted by Gasteiger charge is -2.21. The molecule has 2 N–H and O–H groups in total. The summed E-state index contributed by atoms with van der Waals surface area (Å²) in [5.41, 5.74) is 1.74. The zero-order chi connectivity index (χ0) is 14.6. The summed E-state index contributed by atoms with van der Waals surface area (Å²) < 4.78 is 5.41. The van der Waals surface area contributed by atoms with E-state index in [2.05, 4.69) is 13.8 Å². The molecule has 0 amide bonds. The molecule has 0 aliphatic heterocycles. The van der Waals surface area contributed by atoms with Gasteiger partial charge in [0.15, 0.2) is 6.10 Å². The topological polar surface area (TPSA) is 66.8 Å². The van der Waals surface area contributed by atoms with E-state index in [-0.39, 0.29) is 0 Å². The van der Waals surface area contributed by atoms with Gasteiger partial charge in [0.1, 0.15) is 0 Å². The minimum absolute atomic E-state index is 0.398. The Labute approximate surface area is 114 Å². The monoisotopic (exact) mass is 266 g/mol. The Morgan fingerprint density at radius 1 is 1.05 bits per heavy atom. The van der Waals surface area contributed by atoms with Crippen LogP contribution in [-0.4, -0.2) is 28.4 Å². The van der Waals surface area contributed by atoms with Gasteiger partial charge in [-0.25, -0.2) is 4.79 Å². The minimum Gasteiger partial charge on any atom is -0.479 e. The van der Waals surface area contributed by atoms with E-state index >= 15 is 0 Å². The molecular weight excluding hydrogens is 244 g/mol. The number of hydrogen-bond donors (Lipinski definition) is 2. The second-order valence-electron chi connectivity index (χ2n) is 5.12. The lowest BCUT2D eigenvalue weighted by atomic mass is 10.00. The minimum atomic E-state index is -1.05. The molecule has 106 valence electrons. The summed E-state index contributed by atoms with van der Waals surface area (Å²) in [6.07, 6.45) is -2.30. The van der Waals surface area contributed by atoms with Gasteiger partial charge in [0, 0.05) is 0 Å². The number of hydrogen-bond acceptors (Lipinski definition) is 3. The van der Waals surface area contributed by atoms with Crippen LogP contribution >= 0.6 is 0 Å². The van der Waals surface area contributed by atoms with Gasteiger partial charge in [-0.1, -0.05) is 38.1 Å². The lowest BCUT2D eigenvalue weighted by Crippen LogP contribution is -2.28.